The van der Waals surface area contributed by atoms with Gasteiger partial charge in [0.2, 0.25) is 0 Å². The van der Waals surface area contributed by atoms with Gasteiger partial charge < -0.3 is 15.4 Å². The molecule has 6 nitrogen and oxygen atoms in total. The van der Waals surface area contributed by atoms with E-state index in [0.717, 1.165) is 5.69 Å². The van der Waals surface area contributed by atoms with Crippen molar-refractivity contribution in [3.05, 3.63) is 83.9 Å². The molecule has 0 aliphatic carbocycles. The Bertz CT molecular complexity index is 957. The van der Waals surface area contributed by atoms with Crippen LogP contribution in [0, 0.1) is 5.82 Å². The Hall–Kier alpha value is -3.74. The second kappa shape index (κ2) is 8.09. The van der Waals surface area contributed by atoms with E-state index in [1.54, 1.807) is 36.4 Å². The molecule has 0 atom stereocenters. The van der Waals surface area contributed by atoms with Gasteiger partial charge in [-0.1, -0.05) is 0 Å². The van der Waals surface area contributed by atoms with Gasteiger partial charge in [0, 0.05) is 23.3 Å². The first-order valence-electron chi connectivity index (χ1n) is 8.03. The molecule has 0 saturated carbocycles. The first-order valence-corrected chi connectivity index (χ1v) is 8.03. The third-order valence-electron chi connectivity index (χ3n) is 3.69. The number of pyridine rings is 1. The number of carbonyl (C=O) groups is 2. The lowest BCUT2D eigenvalue weighted by Crippen LogP contribution is -2.13. The molecule has 0 fully saturated rings. The Morgan fingerprint density at radius 2 is 1.59 bits per heavy atom. The minimum atomic E-state index is -0.412. The van der Waals surface area contributed by atoms with Crippen molar-refractivity contribution < 1.29 is 18.7 Å². The van der Waals surface area contributed by atoms with Gasteiger partial charge in [-0.3, -0.25) is 9.78 Å². The second-order valence-corrected chi connectivity index (χ2v) is 5.58. The van der Waals surface area contributed by atoms with Gasteiger partial charge >= 0.3 is 5.97 Å². The van der Waals surface area contributed by atoms with Crippen LogP contribution in [0.15, 0.2) is 66.9 Å². The highest BCUT2D eigenvalue weighted by molar-refractivity contribution is 6.03. The molecule has 0 aliphatic heterocycles. The van der Waals surface area contributed by atoms with E-state index >= 15 is 0 Å². The van der Waals surface area contributed by atoms with E-state index < -0.39 is 11.9 Å². The maximum Gasteiger partial charge on any atom is 0.337 e. The summed E-state index contributed by atoms with van der Waals surface area (Å²) in [5.74, 6) is -1.20. The quantitative estimate of drug-likeness (QED) is 0.668. The molecule has 1 amide bonds. The topological polar surface area (TPSA) is 80.3 Å². The summed E-state index contributed by atoms with van der Waals surface area (Å²) >= 11 is 0. The largest absolute Gasteiger partial charge is 0.465 e. The first kappa shape index (κ1) is 18.1. The van der Waals surface area contributed by atoms with Crippen LogP contribution in [0.25, 0.3) is 0 Å². The van der Waals surface area contributed by atoms with Gasteiger partial charge in [0.1, 0.15) is 11.5 Å². The minimum absolute atomic E-state index is 0.204. The first-order chi connectivity index (χ1) is 13.0. The number of rotatable bonds is 5. The van der Waals surface area contributed by atoms with E-state index in [-0.39, 0.29) is 11.5 Å². The molecule has 0 radical (unpaired) electrons. The summed E-state index contributed by atoms with van der Waals surface area (Å²) in [6, 6.07) is 15.5. The average molecular weight is 365 g/mol. The van der Waals surface area contributed by atoms with Crippen LogP contribution in [0.5, 0.6) is 0 Å². The third-order valence-corrected chi connectivity index (χ3v) is 3.69. The molecule has 0 aliphatic rings. The number of anilines is 3. The van der Waals surface area contributed by atoms with Gasteiger partial charge in [-0.25, -0.2) is 9.18 Å². The number of hydrogen-bond donors (Lipinski definition) is 2. The van der Waals surface area contributed by atoms with E-state index in [0.29, 0.717) is 16.9 Å². The summed E-state index contributed by atoms with van der Waals surface area (Å²) in [4.78, 5) is 27.8. The molecule has 136 valence electrons. The van der Waals surface area contributed by atoms with Crippen molar-refractivity contribution >= 4 is 28.9 Å². The second-order valence-electron chi connectivity index (χ2n) is 5.58. The zero-order chi connectivity index (χ0) is 19.2. The monoisotopic (exact) mass is 365 g/mol. The Morgan fingerprint density at radius 1 is 0.926 bits per heavy atom. The number of aromatic nitrogens is 1. The van der Waals surface area contributed by atoms with Crippen molar-refractivity contribution in [2.75, 3.05) is 17.7 Å². The number of amides is 1. The molecule has 3 aromatic rings. The fourth-order valence-electron chi connectivity index (χ4n) is 2.33. The predicted octanol–water partition coefficient (Wildman–Crippen LogP) is 4.00. The van der Waals surface area contributed by atoms with Crippen molar-refractivity contribution in [3.8, 4) is 0 Å². The van der Waals surface area contributed by atoms with Crippen LogP contribution in [0.4, 0.5) is 21.5 Å². The van der Waals surface area contributed by atoms with Crippen LogP contribution in [0.1, 0.15) is 20.8 Å². The number of esters is 1. The van der Waals surface area contributed by atoms with E-state index in [1.807, 2.05) is 0 Å². The molecule has 0 unspecified atom stereocenters. The van der Waals surface area contributed by atoms with Crippen molar-refractivity contribution in [2.24, 2.45) is 0 Å². The lowest BCUT2D eigenvalue weighted by atomic mass is 10.2. The maximum atomic E-state index is 12.9. The van der Waals surface area contributed by atoms with E-state index in [9.17, 15) is 14.0 Å². The SMILES string of the molecule is COC(=O)c1ccc(Nc2ccnc(C(=O)Nc3ccc(F)cc3)c2)cc1. The standard InChI is InChI=1S/C20H16FN3O3/c1-27-20(26)13-2-6-15(7-3-13)23-17-10-11-22-18(12-17)19(25)24-16-8-4-14(21)5-9-16/h2-12H,1H3,(H,22,23)(H,24,25). The number of hydrogen-bond acceptors (Lipinski definition) is 5. The molecule has 1 aromatic heterocycles. The predicted molar refractivity (Wildman–Crippen MR) is 99.7 cm³/mol. The number of halogens is 1. The minimum Gasteiger partial charge on any atom is -0.465 e. The third kappa shape index (κ3) is 4.66. The molecule has 0 bridgehead atoms. The highest BCUT2D eigenvalue weighted by Crippen LogP contribution is 2.18. The number of ether oxygens (including phenoxy) is 1. The lowest BCUT2D eigenvalue weighted by molar-refractivity contribution is 0.0600. The van der Waals surface area contributed by atoms with E-state index in [2.05, 4.69) is 20.4 Å². The number of benzene rings is 2. The highest BCUT2D eigenvalue weighted by Gasteiger charge is 2.09. The molecule has 7 heteroatoms. The normalized spacial score (nSPS) is 10.1. The van der Waals surface area contributed by atoms with Gasteiger partial charge in [-0.05, 0) is 60.7 Å². The van der Waals surface area contributed by atoms with E-state index in [1.165, 1.54) is 37.6 Å². The van der Waals surface area contributed by atoms with Crippen LogP contribution >= 0.6 is 0 Å². The van der Waals surface area contributed by atoms with Crippen molar-refractivity contribution in [1.29, 1.82) is 0 Å². The van der Waals surface area contributed by atoms with E-state index in [4.69, 9.17) is 0 Å². The molecule has 3 rings (SSSR count). The summed E-state index contributed by atoms with van der Waals surface area (Å²) in [6.45, 7) is 0. The zero-order valence-electron chi connectivity index (χ0n) is 14.4. The van der Waals surface area contributed by atoms with Gasteiger partial charge in [0.15, 0.2) is 0 Å². The Balaban J connectivity index is 1.70. The molecule has 0 spiro atoms. The van der Waals surface area contributed by atoms with Crippen molar-refractivity contribution in [2.45, 2.75) is 0 Å². The Labute approximate surface area is 155 Å². The van der Waals surface area contributed by atoms with Gasteiger partial charge in [-0.2, -0.15) is 0 Å². The number of nitrogens with zero attached hydrogens (tertiary/aromatic N) is 1. The lowest BCUT2D eigenvalue weighted by Gasteiger charge is -2.09. The van der Waals surface area contributed by atoms with Gasteiger partial charge in [0.05, 0.1) is 12.7 Å². The fraction of sp³-hybridized carbons (Fsp3) is 0.0500. The van der Waals surface area contributed by atoms with Crippen molar-refractivity contribution in [1.82, 2.24) is 4.98 Å². The highest BCUT2D eigenvalue weighted by atomic mass is 19.1. The van der Waals surface area contributed by atoms with Crippen LogP contribution in [0.2, 0.25) is 0 Å². The average Bonchev–Trinajstić information content (AvgIpc) is 2.70. The van der Waals surface area contributed by atoms with Crippen LogP contribution < -0.4 is 10.6 Å². The summed E-state index contributed by atoms with van der Waals surface area (Å²) in [5, 5.41) is 5.79. The van der Waals surface area contributed by atoms with Crippen LogP contribution in [0.3, 0.4) is 0 Å². The molecule has 2 aromatic carbocycles. The summed E-state index contributed by atoms with van der Waals surface area (Å²) in [6.07, 6.45) is 1.50. The maximum absolute atomic E-state index is 12.9. The Kier molecular flexibility index (Phi) is 5.41. The zero-order valence-corrected chi connectivity index (χ0v) is 14.4. The molecular weight excluding hydrogens is 349 g/mol. The molecular formula is C20H16FN3O3. The van der Waals surface area contributed by atoms with Crippen LogP contribution in [-0.2, 0) is 4.74 Å². The number of methoxy groups -OCH3 is 1. The number of nitrogens with one attached hydrogen (secondary N) is 2. The summed E-state index contributed by atoms with van der Waals surface area (Å²) < 4.78 is 17.6. The summed E-state index contributed by atoms with van der Waals surface area (Å²) in [7, 11) is 1.32. The number of carbonyl (C=O) groups excluding carboxylic acids is 2. The molecule has 27 heavy (non-hydrogen) atoms. The smallest absolute Gasteiger partial charge is 0.337 e. The molecule has 0 saturated heterocycles. The van der Waals surface area contributed by atoms with Crippen molar-refractivity contribution in [3.63, 3.8) is 0 Å². The van der Waals surface area contributed by atoms with Gasteiger partial charge in [-0.15, -0.1) is 0 Å². The molecule has 2 N–H and O–H groups in total. The van der Waals surface area contributed by atoms with Crippen LogP contribution in [-0.4, -0.2) is 24.0 Å². The van der Waals surface area contributed by atoms with Gasteiger partial charge in [0.25, 0.3) is 5.91 Å². The Morgan fingerprint density at radius 3 is 2.26 bits per heavy atom. The fourth-order valence-corrected chi connectivity index (χ4v) is 2.33. The summed E-state index contributed by atoms with van der Waals surface area (Å²) in [5.41, 5.74) is 2.51. The molecule has 1 heterocycles.